The number of methoxy groups -OCH3 is 1. The molecule has 1 heterocycles. The van der Waals surface area contributed by atoms with Crippen LogP contribution in [0.25, 0.3) is 0 Å². The summed E-state index contributed by atoms with van der Waals surface area (Å²) in [6.45, 7) is 6.64. The van der Waals surface area contributed by atoms with Crippen molar-refractivity contribution >= 4 is 0 Å². The van der Waals surface area contributed by atoms with E-state index in [9.17, 15) is 0 Å². The lowest BCUT2D eigenvalue weighted by molar-refractivity contribution is 0.394. The van der Waals surface area contributed by atoms with Crippen molar-refractivity contribution in [3.63, 3.8) is 0 Å². The van der Waals surface area contributed by atoms with Gasteiger partial charge in [-0.3, -0.25) is 0 Å². The standard InChI is InChI=1S/C11H17NO/c1-5-11(2,3)9-6-7-12-10(8-9)13-4/h6-8H,5H2,1-4H3. The maximum Gasteiger partial charge on any atom is 0.213 e. The molecular formula is C11H17NO. The zero-order valence-corrected chi connectivity index (χ0v) is 8.79. The Morgan fingerprint density at radius 2 is 2.15 bits per heavy atom. The van der Waals surface area contributed by atoms with E-state index in [1.54, 1.807) is 13.3 Å². The summed E-state index contributed by atoms with van der Waals surface area (Å²) in [5.41, 5.74) is 1.48. The molecule has 0 unspecified atom stereocenters. The van der Waals surface area contributed by atoms with Gasteiger partial charge in [0.2, 0.25) is 5.88 Å². The molecule has 0 bridgehead atoms. The highest BCUT2D eigenvalue weighted by atomic mass is 16.5. The summed E-state index contributed by atoms with van der Waals surface area (Å²) in [5, 5.41) is 0. The smallest absolute Gasteiger partial charge is 0.213 e. The Bertz CT molecular complexity index is 281. The molecule has 0 radical (unpaired) electrons. The van der Waals surface area contributed by atoms with Gasteiger partial charge >= 0.3 is 0 Å². The van der Waals surface area contributed by atoms with Crippen LogP contribution < -0.4 is 4.74 Å². The van der Waals surface area contributed by atoms with Crippen LogP contribution in [0, 0.1) is 0 Å². The number of ether oxygens (including phenoxy) is 1. The highest BCUT2D eigenvalue weighted by molar-refractivity contribution is 5.26. The second-order valence-corrected chi connectivity index (χ2v) is 3.82. The average molecular weight is 179 g/mol. The number of pyridine rings is 1. The summed E-state index contributed by atoms with van der Waals surface area (Å²) in [5.74, 6) is 0.694. The third kappa shape index (κ3) is 2.20. The molecule has 0 atom stereocenters. The summed E-state index contributed by atoms with van der Waals surface area (Å²) in [4.78, 5) is 4.08. The van der Waals surface area contributed by atoms with Crippen LogP contribution in [-0.4, -0.2) is 12.1 Å². The van der Waals surface area contributed by atoms with Gasteiger partial charge in [-0.05, 0) is 23.5 Å². The Labute approximate surface area is 80.0 Å². The van der Waals surface area contributed by atoms with E-state index in [1.807, 2.05) is 12.1 Å². The molecule has 13 heavy (non-hydrogen) atoms. The first kappa shape index (κ1) is 10.0. The molecular weight excluding hydrogens is 162 g/mol. The van der Waals surface area contributed by atoms with Gasteiger partial charge in [0.25, 0.3) is 0 Å². The van der Waals surface area contributed by atoms with Crippen molar-refractivity contribution in [2.75, 3.05) is 7.11 Å². The molecule has 0 spiro atoms. The van der Waals surface area contributed by atoms with Gasteiger partial charge in [0.1, 0.15) is 0 Å². The van der Waals surface area contributed by atoms with E-state index in [2.05, 4.69) is 25.8 Å². The maximum absolute atomic E-state index is 5.08. The van der Waals surface area contributed by atoms with Crippen LogP contribution in [0.3, 0.4) is 0 Å². The first-order valence-electron chi connectivity index (χ1n) is 4.60. The van der Waals surface area contributed by atoms with Crippen LogP contribution in [0.15, 0.2) is 18.3 Å². The van der Waals surface area contributed by atoms with Crippen LogP contribution in [0.4, 0.5) is 0 Å². The van der Waals surface area contributed by atoms with Crippen molar-refractivity contribution in [2.24, 2.45) is 0 Å². The molecule has 72 valence electrons. The third-order valence-electron chi connectivity index (χ3n) is 2.61. The minimum absolute atomic E-state index is 0.205. The molecule has 0 saturated heterocycles. The van der Waals surface area contributed by atoms with Gasteiger partial charge < -0.3 is 4.74 Å². The predicted molar refractivity (Wildman–Crippen MR) is 54.1 cm³/mol. The fraction of sp³-hybridized carbons (Fsp3) is 0.545. The minimum Gasteiger partial charge on any atom is -0.481 e. The molecule has 0 aliphatic carbocycles. The molecule has 0 saturated carbocycles. The van der Waals surface area contributed by atoms with E-state index in [-0.39, 0.29) is 5.41 Å². The maximum atomic E-state index is 5.08. The lowest BCUT2D eigenvalue weighted by Crippen LogP contribution is -2.15. The van der Waals surface area contributed by atoms with E-state index >= 15 is 0 Å². The fourth-order valence-electron chi connectivity index (χ4n) is 1.15. The molecule has 2 heteroatoms. The third-order valence-corrected chi connectivity index (χ3v) is 2.61. The molecule has 0 amide bonds. The Kier molecular flexibility index (Phi) is 2.91. The first-order valence-corrected chi connectivity index (χ1v) is 4.60. The van der Waals surface area contributed by atoms with Crippen LogP contribution in [-0.2, 0) is 5.41 Å². The number of rotatable bonds is 3. The number of nitrogens with zero attached hydrogens (tertiary/aromatic N) is 1. The zero-order chi connectivity index (χ0) is 9.90. The van der Waals surface area contributed by atoms with Gasteiger partial charge in [0.15, 0.2) is 0 Å². The van der Waals surface area contributed by atoms with Crippen LogP contribution in [0.5, 0.6) is 5.88 Å². The second-order valence-electron chi connectivity index (χ2n) is 3.82. The van der Waals surface area contributed by atoms with Gasteiger partial charge in [-0.1, -0.05) is 20.8 Å². The normalized spacial score (nSPS) is 11.4. The molecule has 1 aromatic heterocycles. The van der Waals surface area contributed by atoms with Gasteiger partial charge in [-0.25, -0.2) is 4.98 Å². The lowest BCUT2D eigenvalue weighted by atomic mass is 9.83. The summed E-state index contributed by atoms with van der Waals surface area (Å²) < 4.78 is 5.08. The Hall–Kier alpha value is -1.05. The average Bonchev–Trinajstić information content (AvgIpc) is 2.18. The first-order chi connectivity index (χ1) is 6.10. The molecule has 0 N–H and O–H groups in total. The van der Waals surface area contributed by atoms with Crippen LogP contribution in [0.2, 0.25) is 0 Å². The van der Waals surface area contributed by atoms with Crippen molar-refractivity contribution in [3.8, 4) is 5.88 Å². The molecule has 1 rings (SSSR count). The quantitative estimate of drug-likeness (QED) is 0.711. The number of hydrogen-bond donors (Lipinski definition) is 0. The molecule has 0 aromatic carbocycles. The van der Waals surface area contributed by atoms with E-state index in [4.69, 9.17) is 4.74 Å². The Morgan fingerprint density at radius 3 is 2.69 bits per heavy atom. The van der Waals surface area contributed by atoms with Crippen molar-refractivity contribution in [2.45, 2.75) is 32.6 Å². The van der Waals surface area contributed by atoms with Crippen molar-refractivity contribution in [1.29, 1.82) is 0 Å². The van der Waals surface area contributed by atoms with Crippen molar-refractivity contribution < 1.29 is 4.74 Å². The van der Waals surface area contributed by atoms with Gasteiger partial charge in [0, 0.05) is 12.3 Å². The summed E-state index contributed by atoms with van der Waals surface area (Å²) in [6.07, 6.45) is 2.91. The summed E-state index contributed by atoms with van der Waals surface area (Å²) in [7, 11) is 1.64. The fourth-order valence-corrected chi connectivity index (χ4v) is 1.15. The zero-order valence-electron chi connectivity index (χ0n) is 8.79. The molecule has 0 aliphatic heterocycles. The SMILES string of the molecule is CCC(C)(C)c1ccnc(OC)c1. The topological polar surface area (TPSA) is 22.1 Å². The molecule has 0 aliphatic rings. The van der Waals surface area contributed by atoms with Crippen molar-refractivity contribution in [3.05, 3.63) is 23.9 Å². The molecule has 0 fully saturated rings. The predicted octanol–water partition coefficient (Wildman–Crippen LogP) is 2.78. The van der Waals surface area contributed by atoms with Gasteiger partial charge in [-0.15, -0.1) is 0 Å². The van der Waals surface area contributed by atoms with Crippen LogP contribution in [0.1, 0.15) is 32.8 Å². The van der Waals surface area contributed by atoms with Crippen molar-refractivity contribution in [1.82, 2.24) is 4.98 Å². The van der Waals surface area contributed by atoms with E-state index < -0.39 is 0 Å². The number of aromatic nitrogens is 1. The summed E-state index contributed by atoms with van der Waals surface area (Å²) >= 11 is 0. The van der Waals surface area contributed by atoms with E-state index in [1.165, 1.54) is 5.56 Å². The Morgan fingerprint density at radius 1 is 1.46 bits per heavy atom. The van der Waals surface area contributed by atoms with E-state index in [0.717, 1.165) is 6.42 Å². The largest absolute Gasteiger partial charge is 0.481 e. The summed E-state index contributed by atoms with van der Waals surface area (Å²) in [6, 6.07) is 4.05. The highest BCUT2D eigenvalue weighted by Gasteiger charge is 2.18. The van der Waals surface area contributed by atoms with Crippen LogP contribution >= 0.6 is 0 Å². The molecule has 2 nitrogen and oxygen atoms in total. The highest BCUT2D eigenvalue weighted by Crippen LogP contribution is 2.27. The Balaban J connectivity index is 3.01. The van der Waals surface area contributed by atoms with E-state index in [0.29, 0.717) is 5.88 Å². The lowest BCUT2D eigenvalue weighted by Gasteiger charge is -2.23. The van der Waals surface area contributed by atoms with Gasteiger partial charge in [0.05, 0.1) is 7.11 Å². The van der Waals surface area contributed by atoms with Gasteiger partial charge in [-0.2, -0.15) is 0 Å². The minimum atomic E-state index is 0.205. The second kappa shape index (κ2) is 3.77. The number of hydrogen-bond acceptors (Lipinski definition) is 2. The molecule has 1 aromatic rings. The monoisotopic (exact) mass is 179 g/mol.